The van der Waals surface area contributed by atoms with E-state index in [9.17, 15) is 9.59 Å². The van der Waals surface area contributed by atoms with Crippen molar-refractivity contribution in [3.63, 3.8) is 0 Å². The maximum absolute atomic E-state index is 12.6. The Labute approximate surface area is 368 Å². The molecule has 0 bridgehead atoms. The predicted octanol–water partition coefficient (Wildman–Crippen LogP) is 17.4. The van der Waals surface area contributed by atoms with E-state index in [4.69, 9.17) is 14.2 Å². The summed E-state index contributed by atoms with van der Waals surface area (Å²) in [6.45, 7) is 7.70. The summed E-state index contributed by atoms with van der Waals surface area (Å²) < 4.78 is 17.4. The average Bonchev–Trinajstić information content (AvgIpc) is 3.24. The van der Waals surface area contributed by atoms with Gasteiger partial charge >= 0.3 is 11.9 Å². The smallest absolute Gasteiger partial charge is 0.305 e. The van der Waals surface area contributed by atoms with Gasteiger partial charge in [-0.15, -0.1) is 0 Å². The number of carbonyl (C=O) groups is 2. The summed E-state index contributed by atoms with van der Waals surface area (Å²) >= 11 is 0. The van der Waals surface area contributed by atoms with E-state index in [2.05, 4.69) is 57.2 Å². The number of unbranched alkanes of at least 4 members (excludes halogenated alkanes) is 31. The zero-order valence-electron chi connectivity index (χ0n) is 39.8. The molecule has 0 aromatic rings. The summed E-state index contributed by atoms with van der Waals surface area (Å²) in [6, 6.07) is 0. The van der Waals surface area contributed by atoms with Crippen LogP contribution in [-0.2, 0) is 23.8 Å². The molecule has 0 unspecified atom stereocenters. The molecule has 59 heavy (non-hydrogen) atoms. The Morgan fingerprint density at radius 2 is 0.644 bits per heavy atom. The fourth-order valence-corrected chi connectivity index (χ4v) is 7.49. The third kappa shape index (κ3) is 48.7. The predicted molar refractivity (Wildman–Crippen MR) is 256 cm³/mol. The number of esters is 2. The molecule has 0 aliphatic carbocycles. The van der Waals surface area contributed by atoms with E-state index in [1.807, 2.05) is 0 Å². The summed E-state index contributed by atoms with van der Waals surface area (Å²) in [5.41, 5.74) is 0. The minimum Gasteiger partial charge on any atom is -0.463 e. The second-order valence-electron chi connectivity index (χ2n) is 17.4. The van der Waals surface area contributed by atoms with Crippen molar-refractivity contribution in [1.29, 1.82) is 0 Å². The second kappa shape index (κ2) is 50.5. The first-order chi connectivity index (χ1) is 29.1. The number of carbonyl (C=O) groups excluding carboxylic acids is 2. The first kappa shape index (κ1) is 57.1. The molecule has 0 amide bonds. The van der Waals surface area contributed by atoms with Gasteiger partial charge in [-0.2, -0.15) is 0 Å². The summed E-state index contributed by atoms with van der Waals surface area (Å²) in [7, 11) is 0. The topological polar surface area (TPSA) is 61.8 Å². The van der Waals surface area contributed by atoms with E-state index in [0.717, 1.165) is 57.8 Å². The number of allylic oxidation sites excluding steroid dienone is 6. The highest BCUT2D eigenvalue weighted by molar-refractivity contribution is 5.69. The summed E-state index contributed by atoms with van der Waals surface area (Å²) in [5.74, 6) is -0.365. The van der Waals surface area contributed by atoms with Gasteiger partial charge in [0.1, 0.15) is 19.3 Å². The Morgan fingerprint density at radius 1 is 0.356 bits per heavy atom. The minimum absolute atomic E-state index is 0.143. The third-order valence-corrected chi connectivity index (χ3v) is 11.5. The molecule has 0 radical (unpaired) electrons. The molecule has 0 aliphatic rings. The fraction of sp³-hybridized carbons (Fsp3) is 0.852. The number of rotatable bonds is 48. The van der Waals surface area contributed by atoms with Gasteiger partial charge in [0, 0.05) is 19.4 Å². The summed E-state index contributed by atoms with van der Waals surface area (Å²) in [4.78, 5) is 25.1. The largest absolute Gasteiger partial charge is 0.463 e. The van der Waals surface area contributed by atoms with Gasteiger partial charge in [-0.05, 0) is 57.8 Å². The van der Waals surface area contributed by atoms with Crippen LogP contribution in [0.15, 0.2) is 36.5 Å². The van der Waals surface area contributed by atoms with E-state index in [0.29, 0.717) is 19.4 Å². The number of hydrogen-bond donors (Lipinski definition) is 0. The molecular weight excluding hydrogens is 729 g/mol. The molecule has 0 saturated carbocycles. The molecule has 0 aromatic heterocycles. The van der Waals surface area contributed by atoms with Crippen LogP contribution in [0.1, 0.15) is 271 Å². The van der Waals surface area contributed by atoms with E-state index >= 15 is 0 Å². The van der Waals surface area contributed by atoms with Gasteiger partial charge in [-0.1, -0.05) is 237 Å². The monoisotopic (exact) mass is 829 g/mol. The normalized spacial score (nSPS) is 12.4. The number of hydrogen-bond acceptors (Lipinski definition) is 5. The van der Waals surface area contributed by atoms with Gasteiger partial charge in [0.15, 0.2) is 0 Å². The molecule has 5 heteroatoms. The van der Waals surface area contributed by atoms with Crippen LogP contribution in [-0.4, -0.2) is 37.9 Å². The van der Waals surface area contributed by atoms with Crippen molar-refractivity contribution in [2.24, 2.45) is 0 Å². The highest BCUT2D eigenvalue weighted by atomic mass is 16.6. The number of ether oxygens (including phenoxy) is 3. The minimum atomic E-state index is -0.409. The van der Waals surface area contributed by atoms with Gasteiger partial charge in [-0.25, -0.2) is 0 Å². The van der Waals surface area contributed by atoms with Crippen LogP contribution in [0.3, 0.4) is 0 Å². The van der Waals surface area contributed by atoms with E-state index in [1.54, 1.807) is 0 Å². The molecule has 0 aliphatic heterocycles. The van der Waals surface area contributed by atoms with Crippen LogP contribution in [0, 0.1) is 0 Å². The maximum Gasteiger partial charge on any atom is 0.305 e. The Bertz CT molecular complexity index is 939. The summed E-state index contributed by atoms with van der Waals surface area (Å²) in [6.07, 6.45) is 60.3. The molecule has 346 valence electrons. The Balaban J connectivity index is 4.27. The SMILES string of the molecule is CCCCC/C=C\C/C=C\C/C=C\CCCCC(=O)OC[C@H](COC(=O)CCCCCCCCCCCCCC)OCCCCCCCCCCCCCCCCCC. The van der Waals surface area contributed by atoms with Crippen molar-refractivity contribution in [3.05, 3.63) is 36.5 Å². The Kier molecular flexibility index (Phi) is 48.9. The molecule has 0 rings (SSSR count). The van der Waals surface area contributed by atoms with E-state index in [-0.39, 0.29) is 25.2 Å². The van der Waals surface area contributed by atoms with Crippen molar-refractivity contribution >= 4 is 11.9 Å². The summed E-state index contributed by atoms with van der Waals surface area (Å²) in [5, 5.41) is 0. The molecule has 0 fully saturated rings. The first-order valence-corrected chi connectivity index (χ1v) is 26.0. The van der Waals surface area contributed by atoms with Gasteiger partial charge < -0.3 is 14.2 Å². The van der Waals surface area contributed by atoms with Gasteiger partial charge in [-0.3, -0.25) is 9.59 Å². The lowest BCUT2D eigenvalue weighted by Crippen LogP contribution is -2.29. The van der Waals surface area contributed by atoms with Crippen molar-refractivity contribution in [3.8, 4) is 0 Å². The van der Waals surface area contributed by atoms with Crippen LogP contribution < -0.4 is 0 Å². The molecule has 0 aromatic carbocycles. The zero-order chi connectivity index (χ0) is 42.8. The van der Waals surface area contributed by atoms with Crippen LogP contribution in [0.2, 0.25) is 0 Å². The van der Waals surface area contributed by atoms with Crippen LogP contribution >= 0.6 is 0 Å². The molecule has 5 nitrogen and oxygen atoms in total. The highest BCUT2D eigenvalue weighted by Crippen LogP contribution is 2.15. The molecule has 0 saturated heterocycles. The molecule has 1 atom stereocenters. The lowest BCUT2D eigenvalue weighted by Gasteiger charge is -2.18. The average molecular weight is 829 g/mol. The first-order valence-electron chi connectivity index (χ1n) is 26.0. The van der Waals surface area contributed by atoms with E-state index in [1.165, 1.54) is 180 Å². The van der Waals surface area contributed by atoms with Gasteiger partial charge in [0.05, 0.1) is 0 Å². The van der Waals surface area contributed by atoms with Crippen LogP contribution in [0.4, 0.5) is 0 Å². The maximum atomic E-state index is 12.6. The molecular formula is C54H100O5. The van der Waals surface area contributed by atoms with Crippen LogP contribution in [0.5, 0.6) is 0 Å². The second-order valence-corrected chi connectivity index (χ2v) is 17.4. The Morgan fingerprint density at radius 3 is 1.03 bits per heavy atom. The third-order valence-electron chi connectivity index (χ3n) is 11.5. The van der Waals surface area contributed by atoms with Crippen molar-refractivity contribution < 1.29 is 23.8 Å². The molecule has 0 heterocycles. The lowest BCUT2D eigenvalue weighted by atomic mass is 10.0. The van der Waals surface area contributed by atoms with Crippen molar-refractivity contribution in [2.75, 3.05) is 19.8 Å². The highest BCUT2D eigenvalue weighted by Gasteiger charge is 2.16. The lowest BCUT2D eigenvalue weighted by molar-refractivity contribution is -0.155. The van der Waals surface area contributed by atoms with E-state index < -0.39 is 6.10 Å². The van der Waals surface area contributed by atoms with Gasteiger partial charge in [0.2, 0.25) is 0 Å². The van der Waals surface area contributed by atoms with Crippen molar-refractivity contribution in [1.82, 2.24) is 0 Å². The zero-order valence-corrected chi connectivity index (χ0v) is 39.8. The van der Waals surface area contributed by atoms with Gasteiger partial charge in [0.25, 0.3) is 0 Å². The van der Waals surface area contributed by atoms with Crippen LogP contribution in [0.25, 0.3) is 0 Å². The molecule has 0 N–H and O–H groups in total. The Hall–Kier alpha value is -1.88. The quantitative estimate of drug-likeness (QED) is 0.0347. The fourth-order valence-electron chi connectivity index (χ4n) is 7.49. The molecule has 0 spiro atoms. The standard InChI is InChI=1S/C54H100O5/c1-4-7-10-13-16-19-22-25-27-29-31-34-37-40-43-46-49-57-52(50-58-53(55)47-44-41-38-35-32-24-21-18-15-12-9-6-3)51-59-54(56)48-45-42-39-36-33-30-28-26-23-20-17-14-11-8-5-2/h17,20,26,28,33,36,52H,4-16,18-19,21-25,27,29-32,34-35,37-51H2,1-3H3/b20-17-,28-26-,36-33-/t52-/m0/s1. The van der Waals surface area contributed by atoms with Crippen molar-refractivity contribution in [2.45, 2.75) is 277 Å².